The molecule has 2 aliphatic rings. The van der Waals surface area contributed by atoms with E-state index in [0.29, 0.717) is 29.5 Å². The maximum absolute atomic E-state index is 12.9. The normalized spacial score (nSPS) is 17.2. The van der Waals surface area contributed by atoms with Crippen LogP contribution in [-0.4, -0.2) is 35.3 Å². The highest BCUT2D eigenvalue weighted by Gasteiger charge is 2.34. The van der Waals surface area contributed by atoms with Crippen molar-refractivity contribution < 1.29 is 32.2 Å². The third-order valence-corrected chi connectivity index (χ3v) is 6.31. The summed E-state index contributed by atoms with van der Waals surface area (Å²) in [6, 6.07) is 8.65. The van der Waals surface area contributed by atoms with Crippen LogP contribution in [-0.2, 0) is 22.3 Å². The van der Waals surface area contributed by atoms with Crippen molar-refractivity contribution in [2.75, 3.05) is 18.7 Å². The zero-order chi connectivity index (χ0) is 22.2. The van der Waals surface area contributed by atoms with Gasteiger partial charge in [-0.1, -0.05) is 6.07 Å². The standard InChI is InChI=1S/C21H19F3N2O4S/c1-2-26(10-12-3-5-15-16(7-12)30-11-29-15)19(27)9-18-20(28)25-14-8-13(21(22,23)24)4-6-17(14)31-18/h3-8,18H,2,9-11H2,1H3,(H,25,28). The van der Waals surface area contributed by atoms with E-state index < -0.39 is 22.9 Å². The van der Waals surface area contributed by atoms with E-state index in [1.54, 1.807) is 11.0 Å². The van der Waals surface area contributed by atoms with Crippen molar-refractivity contribution in [2.45, 2.75) is 36.2 Å². The van der Waals surface area contributed by atoms with E-state index in [2.05, 4.69) is 5.32 Å². The lowest BCUT2D eigenvalue weighted by molar-refractivity contribution is -0.137. The molecule has 0 fully saturated rings. The fraction of sp³-hybridized carbons (Fsp3) is 0.333. The molecule has 2 heterocycles. The number of anilines is 1. The van der Waals surface area contributed by atoms with Crippen molar-refractivity contribution in [3.05, 3.63) is 47.5 Å². The molecule has 0 aromatic heterocycles. The summed E-state index contributed by atoms with van der Waals surface area (Å²) in [6.07, 6.45) is -4.55. The van der Waals surface area contributed by atoms with Gasteiger partial charge in [-0.3, -0.25) is 9.59 Å². The summed E-state index contributed by atoms with van der Waals surface area (Å²) < 4.78 is 49.3. The Balaban J connectivity index is 1.43. The van der Waals surface area contributed by atoms with Crippen LogP contribution in [0.5, 0.6) is 11.5 Å². The zero-order valence-electron chi connectivity index (χ0n) is 16.5. The Bertz CT molecular complexity index is 1030. The van der Waals surface area contributed by atoms with E-state index in [9.17, 15) is 22.8 Å². The first-order valence-corrected chi connectivity index (χ1v) is 10.5. The summed E-state index contributed by atoms with van der Waals surface area (Å²) in [5.41, 5.74) is 0.147. The van der Waals surface area contributed by atoms with Gasteiger partial charge in [0.25, 0.3) is 0 Å². The number of alkyl halides is 3. The molecule has 2 aliphatic heterocycles. The van der Waals surface area contributed by atoms with Gasteiger partial charge in [0.1, 0.15) is 0 Å². The predicted octanol–water partition coefficient (Wildman–Crippen LogP) is 4.29. The van der Waals surface area contributed by atoms with Gasteiger partial charge in [0.05, 0.1) is 16.5 Å². The number of fused-ring (bicyclic) bond motifs is 2. The summed E-state index contributed by atoms with van der Waals surface area (Å²) in [7, 11) is 0. The number of hydrogen-bond acceptors (Lipinski definition) is 5. The van der Waals surface area contributed by atoms with E-state index in [1.165, 1.54) is 6.07 Å². The first-order valence-electron chi connectivity index (χ1n) is 9.59. The first kappa shape index (κ1) is 21.4. The van der Waals surface area contributed by atoms with Crippen molar-refractivity contribution >= 4 is 29.3 Å². The Hall–Kier alpha value is -2.88. The van der Waals surface area contributed by atoms with Crippen LogP contribution in [0.25, 0.3) is 0 Å². The average molecular weight is 452 g/mol. The van der Waals surface area contributed by atoms with Gasteiger partial charge in [-0.2, -0.15) is 13.2 Å². The third kappa shape index (κ3) is 4.58. The van der Waals surface area contributed by atoms with Crippen molar-refractivity contribution in [2.24, 2.45) is 0 Å². The number of hydrogen-bond donors (Lipinski definition) is 1. The molecule has 0 bridgehead atoms. The predicted molar refractivity (Wildman–Crippen MR) is 108 cm³/mol. The SMILES string of the molecule is CCN(Cc1ccc2c(c1)OCO2)C(=O)CC1Sc2ccc(C(F)(F)F)cc2NC1=O. The first-order chi connectivity index (χ1) is 14.7. The number of benzene rings is 2. The van der Waals surface area contributed by atoms with Crippen molar-refractivity contribution in [1.82, 2.24) is 4.90 Å². The number of ether oxygens (including phenoxy) is 2. The highest BCUT2D eigenvalue weighted by atomic mass is 32.2. The summed E-state index contributed by atoms with van der Waals surface area (Å²) in [5, 5.41) is 1.78. The number of rotatable bonds is 5. The molecule has 164 valence electrons. The van der Waals surface area contributed by atoms with Crippen LogP contribution < -0.4 is 14.8 Å². The second-order valence-corrected chi connectivity index (χ2v) is 8.35. The minimum atomic E-state index is -4.49. The lowest BCUT2D eigenvalue weighted by atomic mass is 10.1. The number of amides is 2. The zero-order valence-corrected chi connectivity index (χ0v) is 17.3. The molecule has 6 nitrogen and oxygen atoms in total. The number of nitrogens with zero attached hydrogens (tertiary/aromatic N) is 1. The molecule has 31 heavy (non-hydrogen) atoms. The maximum Gasteiger partial charge on any atom is 0.416 e. The molecule has 1 unspecified atom stereocenters. The lowest BCUT2D eigenvalue weighted by Gasteiger charge is -2.27. The van der Waals surface area contributed by atoms with Crippen LogP contribution in [0.3, 0.4) is 0 Å². The molecule has 2 aromatic rings. The van der Waals surface area contributed by atoms with Gasteiger partial charge in [0.2, 0.25) is 18.6 Å². The van der Waals surface area contributed by atoms with Crippen LogP contribution in [0.1, 0.15) is 24.5 Å². The number of halogens is 3. The summed E-state index contributed by atoms with van der Waals surface area (Å²) in [4.78, 5) is 27.4. The molecule has 1 atom stereocenters. The molecular formula is C21H19F3N2O4S. The molecule has 0 saturated carbocycles. The largest absolute Gasteiger partial charge is 0.454 e. The Labute approximate surface area is 180 Å². The fourth-order valence-electron chi connectivity index (χ4n) is 3.38. The van der Waals surface area contributed by atoms with Crippen molar-refractivity contribution in [3.63, 3.8) is 0 Å². The van der Waals surface area contributed by atoms with Gasteiger partial charge >= 0.3 is 6.18 Å². The van der Waals surface area contributed by atoms with E-state index in [4.69, 9.17) is 9.47 Å². The minimum Gasteiger partial charge on any atom is -0.454 e. The summed E-state index contributed by atoms with van der Waals surface area (Å²) >= 11 is 1.10. The second-order valence-electron chi connectivity index (χ2n) is 7.10. The average Bonchev–Trinajstić information content (AvgIpc) is 3.19. The van der Waals surface area contributed by atoms with Gasteiger partial charge in [0, 0.05) is 24.4 Å². The topological polar surface area (TPSA) is 67.9 Å². The van der Waals surface area contributed by atoms with Gasteiger partial charge in [-0.15, -0.1) is 11.8 Å². The van der Waals surface area contributed by atoms with Gasteiger partial charge in [0.15, 0.2) is 11.5 Å². The van der Waals surface area contributed by atoms with Gasteiger partial charge in [-0.05, 0) is 42.8 Å². The van der Waals surface area contributed by atoms with E-state index in [0.717, 1.165) is 29.5 Å². The second kappa shape index (κ2) is 8.33. The molecule has 0 saturated heterocycles. The minimum absolute atomic E-state index is 0.0602. The van der Waals surface area contributed by atoms with Crippen molar-refractivity contribution in [3.8, 4) is 11.5 Å². The maximum atomic E-state index is 12.9. The van der Waals surface area contributed by atoms with E-state index >= 15 is 0 Å². The lowest BCUT2D eigenvalue weighted by Crippen LogP contribution is -2.37. The highest BCUT2D eigenvalue weighted by molar-refractivity contribution is 8.01. The van der Waals surface area contributed by atoms with Gasteiger partial charge in [-0.25, -0.2) is 0 Å². The van der Waals surface area contributed by atoms with Gasteiger partial charge < -0.3 is 19.7 Å². The quantitative estimate of drug-likeness (QED) is 0.733. The van der Waals surface area contributed by atoms with Crippen LogP contribution in [0.4, 0.5) is 18.9 Å². The van der Waals surface area contributed by atoms with Crippen LogP contribution >= 0.6 is 11.8 Å². The number of carbonyl (C=O) groups is 2. The Kier molecular flexibility index (Phi) is 5.74. The van der Waals surface area contributed by atoms with Crippen LogP contribution in [0.2, 0.25) is 0 Å². The molecule has 1 N–H and O–H groups in total. The third-order valence-electron chi connectivity index (χ3n) is 5.03. The van der Waals surface area contributed by atoms with Crippen LogP contribution in [0, 0.1) is 0 Å². The highest BCUT2D eigenvalue weighted by Crippen LogP contribution is 2.41. The Morgan fingerprint density at radius 2 is 1.97 bits per heavy atom. The summed E-state index contributed by atoms with van der Waals surface area (Å²) in [6.45, 7) is 2.79. The summed E-state index contributed by atoms with van der Waals surface area (Å²) in [5.74, 6) is 0.575. The molecule has 4 rings (SSSR count). The Morgan fingerprint density at radius 1 is 1.19 bits per heavy atom. The fourth-order valence-corrected chi connectivity index (χ4v) is 4.47. The number of thioether (sulfide) groups is 1. The molecule has 2 aromatic carbocycles. The van der Waals surface area contributed by atoms with E-state index in [-0.39, 0.29) is 24.8 Å². The monoisotopic (exact) mass is 452 g/mol. The molecule has 10 heteroatoms. The Morgan fingerprint density at radius 3 is 2.71 bits per heavy atom. The van der Waals surface area contributed by atoms with Crippen LogP contribution in [0.15, 0.2) is 41.3 Å². The number of carbonyl (C=O) groups excluding carboxylic acids is 2. The van der Waals surface area contributed by atoms with E-state index in [1.807, 2.05) is 19.1 Å². The molecule has 0 spiro atoms. The molecule has 2 amide bonds. The molecular weight excluding hydrogens is 433 g/mol. The molecule has 0 radical (unpaired) electrons. The smallest absolute Gasteiger partial charge is 0.416 e. The van der Waals surface area contributed by atoms with Crippen molar-refractivity contribution in [1.29, 1.82) is 0 Å². The number of nitrogens with one attached hydrogen (secondary N) is 1. The molecule has 0 aliphatic carbocycles.